The van der Waals surface area contributed by atoms with E-state index in [-0.39, 0.29) is 0 Å². The molecular weight excluding hydrogens is 251 g/mol. The minimum Gasteiger partial charge on any atom is -0.351 e. The van der Waals surface area contributed by atoms with Gasteiger partial charge in [-0.3, -0.25) is 0 Å². The topological polar surface area (TPSA) is 28.7 Å². The molecule has 64 valence electrons. The normalized spacial score (nSPS) is 11.5. The van der Waals surface area contributed by atoms with Gasteiger partial charge in [0.1, 0.15) is 0 Å². The summed E-state index contributed by atoms with van der Waals surface area (Å²) in [6, 6.07) is 0. The molecule has 0 radical (unpaired) electrons. The molecule has 11 heavy (non-hydrogen) atoms. The second-order valence-electron chi connectivity index (χ2n) is 2.33. The quantitative estimate of drug-likeness (QED) is 0.647. The van der Waals surface area contributed by atoms with Crippen molar-refractivity contribution < 1.29 is 0 Å². The summed E-state index contributed by atoms with van der Waals surface area (Å²) in [6.45, 7) is 4.46. The lowest BCUT2D eigenvalue weighted by atomic mass is 10.3. The third kappa shape index (κ3) is 9.94. The van der Waals surface area contributed by atoms with Crippen molar-refractivity contribution in [2.75, 3.05) is 0 Å². The second kappa shape index (κ2) is 8.04. The van der Waals surface area contributed by atoms with Gasteiger partial charge in [-0.1, -0.05) is 42.9 Å². The maximum absolute atomic E-state index is 3.67. The minimum absolute atomic E-state index is 0.868. The van der Waals surface area contributed by atoms with Crippen molar-refractivity contribution >= 4 is 22.6 Å². The Labute approximate surface area is 82.0 Å². The Bertz CT molecular complexity index is 121. The number of H-pyrrole nitrogens is 1. The van der Waals surface area contributed by atoms with Crippen LogP contribution in [0.5, 0.6) is 0 Å². The molecule has 1 aromatic rings. The molecule has 0 aliphatic carbocycles. The van der Waals surface area contributed by atoms with Crippen LogP contribution < -0.4 is 0 Å². The Morgan fingerprint density at radius 1 is 1.64 bits per heavy atom. The minimum atomic E-state index is 0.868. The molecule has 0 aliphatic heterocycles. The molecule has 1 unspecified atom stereocenters. The third-order valence-corrected chi connectivity index (χ3v) is 1.72. The van der Waals surface area contributed by atoms with Crippen molar-refractivity contribution in [2.45, 2.75) is 30.6 Å². The molecule has 1 heterocycles. The summed E-state index contributed by atoms with van der Waals surface area (Å²) >= 11 is 2.44. The van der Waals surface area contributed by atoms with E-state index >= 15 is 0 Å². The highest BCUT2D eigenvalue weighted by Gasteiger charge is 1.87. The highest BCUT2D eigenvalue weighted by Crippen LogP contribution is 2.04. The summed E-state index contributed by atoms with van der Waals surface area (Å²) in [7, 11) is 0. The molecule has 3 heteroatoms. The third-order valence-electron chi connectivity index (χ3n) is 1.09. The molecule has 0 saturated carbocycles. The van der Waals surface area contributed by atoms with Gasteiger partial charge in [-0.05, 0) is 6.42 Å². The van der Waals surface area contributed by atoms with Crippen molar-refractivity contribution in [1.82, 2.24) is 9.97 Å². The summed E-state index contributed by atoms with van der Waals surface area (Å²) in [4.78, 5) is 6.42. The van der Waals surface area contributed by atoms with Crippen LogP contribution in [0.2, 0.25) is 0 Å². The number of aromatic amines is 1. The van der Waals surface area contributed by atoms with Gasteiger partial charge in [-0.15, -0.1) is 0 Å². The van der Waals surface area contributed by atoms with Crippen LogP contribution in [-0.4, -0.2) is 13.9 Å². The van der Waals surface area contributed by atoms with Crippen molar-refractivity contribution in [3.05, 3.63) is 18.7 Å². The average molecular weight is 266 g/mol. The van der Waals surface area contributed by atoms with Gasteiger partial charge in [0.2, 0.25) is 0 Å². The number of imidazole rings is 1. The molecule has 2 nitrogen and oxygen atoms in total. The first-order valence-corrected chi connectivity index (χ1v) is 5.08. The summed E-state index contributed by atoms with van der Waals surface area (Å²) < 4.78 is 0.868. The smallest absolute Gasteiger partial charge is 0.0919 e. The number of hydrogen-bond acceptors (Lipinski definition) is 1. The Balaban J connectivity index is 0.000000183. The standard InChI is InChI=1S/C5H11I.C3H4N2/c1-3-4-5(2)6;1-2-5-3-4-1/h5H,3-4H2,1-2H3;1-3H,(H,4,5). The Morgan fingerprint density at radius 3 is 2.45 bits per heavy atom. The molecule has 0 amide bonds. The monoisotopic (exact) mass is 266 g/mol. The SMILES string of the molecule is CCCC(C)I.c1c[nH]cn1. The maximum Gasteiger partial charge on any atom is 0.0919 e. The molecule has 0 spiro atoms. The molecule has 1 atom stereocenters. The molecule has 1 N–H and O–H groups in total. The first-order valence-electron chi connectivity index (χ1n) is 3.84. The van der Waals surface area contributed by atoms with E-state index in [0.717, 1.165) is 3.92 Å². The predicted molar refractivity (Wildman–Crippen MR) is 57.0 cm³/mol. The van der Waals surface area contributed by atoms with Crippen LogP contribution in [0.3, 0.4) is 0 Å². The van der Waals surface area contributed by atoms with Crippen LogP contribution >= 0.6 is 22.6 Å². The summed E-state index contributed by atoms with van der Waals surface area (Å²) in [6.07, 6.45) is 7.77. The van der Waals surface area contributed by atoms with Crippen molar-refractivity contribution in [2.24, 2.45) is 0 Å². The van der Waals surface area contributed by atoms with E-state index in [9.17, 15) is 0 Å². The summed E-state index contributed by atoms with van der Waals surface area (Å²) in [5.41, 5.74) is 0. The van der Waals surface area contributed by atoms with Gasteiger partial charge in [0.15, 0.2) is 0 Å². The van der Waals surface area contributed by atoms with E-state index in [1.54, 1.807) is 18.7 Å². The number of rotatable bonds is 2. The van der Waals surface area contributed by atoms with Gasteiger partial charge in [-0.25, -0.2) is 4.98 Å². The van der Waals surface area contributed by atoms with Crippen LogP contribution in [0, 0.1) is 0 Å². The second-order valence-corrected chi connectivity index (χ2v) is 4.46. The first-order chi connectivity index (χ1) is 5.27. The van der Waals surface area contributed by atoms with E-state index in [0.29, 0.717) is 0 Å². The van der Waals surface area contributed by atoms with Gasteiger partial charge < -0.3 is 4.98 Å². The van der Waals surface area contributed by atoms with Gasteiger partial charge in [0, 0.05) is 16.3 Å². The maximum atomic E-state index is 3.67. The molecule has 0 aromatic carbocycles. The number of nitrogens with one attached hydrogen (secondary N) is 1. The van der Waals surface area contributed by atoms with Gasteiger partial charge in [0.25, 0.3) is 0 Å². The number of alkyl halides is 1. The molecule has 1 rings (SSSR count). The largest absolute Gasteiger partial charge is 0.351 e. The lowest BCUT2D eigenvalue weighted by Crippen LogP contribution is -1.84. The highest BCUT2D eigenvalue weighted by molar-refractivity contribution is 14.1. The molecule has 0 aliphatic rings. The number of halogens is 1. The Kier molecular flexibility index (Phi) is 8.00. The van der Waals surface area contributed by atoms with Crippen LogP contribution in [-0.2, 0) is 0 Å². The van der Waals surface area contributed by atoms with Crippen LogP contribution in [0.15, 0.2) is 18.7 Å². The van der Waals surface area contributed by atoms with E-state index in [4.69, 9.17) is 0 Å². The van der Waals surface area contributed by atoms with E-state index in [1.807, 2.05) is 0 Å². The Morgan fingerprint density at radius 2 is 2.36 bits per heavy atom. The summed E-state index contributed by atoms with van der Waals surface area (Å²) in [5, 5.41) is 0. The molecule has 1 aromatic heterocycles. The fourth-order valence-corrected chi connectivity index (χ4v) is 1.24. The van der Waals surface area contributed by atoms with Crippen molar-refractivity contribution in [3.63, 3.8) is 0 Å². The summed E-state index contributed by atoms with van der Waals surface area (Å²) in [5.74, 6) is 0. The zero-order valence-corrected chi connectivity index (χ0v) is 9.21. The average Bonchev–Trinajstić information content (AvgIpc) is 2.41. The highest BCUT2D eigenvalue weighted by atomic mass is 127. The fraction of sp³-hybridized carbons (Fsp3) is 0.625. The van der Waals surface area contributed by atoms with Crippen LogP contribution in [0.1, 0.15) is 26.7 Å². The predicted octanol–water partition coefficient (Wildman–Crippen LogP) is 3.02. The number of hydrogen-bond donors (Lipinski definition) is 1. The molecule has 0 bridgehead atoms. The lowest BCUT2D eigenvalue weighted by molar-refractivity contribution is 0.807. The van der Waals surface area contributed by atoms with Gasteiger partial charge in [0.05, 0.1) is 6.33 Å². The van der Waals surface area contributed by atoms with Gasteiger partial charge in [-0.2, -0.15) is 0 Å². The Hall–Kier alpha value is -0.0600. The molecular formula is C8H15IN2. The lowest BCUT2D eigenvalue weighted by Gasteiger charge is -1.93. The van der Waals surface area contributed by atoms with E-state index in [1.165, 1.54) is 12.8 Å². The molecule has 0 fully saturated rings. The van der Waals surface area contributed by atoms with E-state index in [2.05, 4.69) is 46.4 Å². The zero-order chi connectivity index (χ0) is 8.53. The molecule has 0 saturated heterocycles. The first kappa shape index (κ1) is 10.9. The number of aromatic nitrogens is 2. The van der Waals surface area contributed by atoms with Crippen molar-refractivity contribution in [3.8, 4) is 0 Å². The number of nitrogens with zero attached hydrogens (tertiary/aromatic N) is 1. The fourth-order valence-electron chi connectivity index (χ4n) is 0.613. The van der Waals surface area contributed by atoms with Crippen LogP contribution in [0.25, 0.3) is 0 Å². The van der Waals surface area contributed by atoms with E-state index < -0.39 is 0 Å². The van der Waals surface area contributed by atoms with Crippen LogP contribution in [0.4, 0.5) is 0 Å². The van der Waals surface area contributed by atoms with Crippen molar-refractivity contribution in [1.29, 1.82) is 0 Å². The zero-order valence-electron chi connectivity index (χ0n) is 7.05. The van der Waals surface area contributed by atoms with Gasteiger partial charge >= 0.3 is 0 Å².